The van der Waals surface area contributed by atoms with E-state index in [4.69, 9.17) is 5.73 Å². The van der Waals surface area contributed by atoms with Crippen LogP contribution < -0.4 is 5.73 Å². The van der Waals surface area contributed by atoms with Crippen molar-refractivity contribution in [1.82, 2.24) is 9.59 Å². The van der Waals surface area contributed by atoms with Gasteiger partial charge in [-0.3, -0.25) is 0 Å². The number of aromatic nitrogens is 2. The molecule has 0 spiro atoms. The lowest BCUT2D eigenvalue weighted by Gasteiger charge is -2.05. The minimum Gasteiger partial charge on any atom is -0.330 e. The van der Waals surface area contributed by atoms with Crippen LogP contribution in [0.3, 0.4) is 0 Å². The molecule has 2 rings (SSSR count). The van der Waals surface area contributed by atoms with Crippen molar-refractivity contribution in [2.24, 2.45) is 5.73 Å². The zero-order chi connectivity index (χ0) is 11.5. The van der Waals surface area contributed by atoms with Gasteiger partial charge in [-0.25, -0.2) is 0 Å². The Bertz CT molecular complexity index is 491. The topological polar surface area (TPSA) is 51.8 Å². The predicted octanol–water partition coefficient (Wildman–Crippen LogP) is 2.32. The van der Waals surface area contributed by atoms with Crippen LogP contribution in [-0.4, -0.2) is 16.1 Å². The molecule has 0 saturated carbocycles. The average molecular weight is 233 g/mol. The second-order valence-electron chi connectivity index (χ2n) is 3.90. The van der Waals surface area contributed by atoms with Crippen molar-refractivity contribution in [1.29, 1.82) is 0 Å². The third kappa shape index (κ3) is 2.13. The molecule has 0 saturated heterocycles. The molecule has 2 aromatic rings. The zero-order valence-corrected chi connectivity index (χ0v) is 10.3. The van der Waals surface area contributed by atoms with Crippen LogP contribution in [0, 0.1) is 13.8 Å². The molecular weight excluding hydrogens is 218 g/mol. The molecule has 0 atom stereocenters. The van der Waals surface area contributed by atoms with Crippen molar-refractivity contribution < 1.29 is 0 Å². The number of aryl methyl sites for hydroxylation is 2. The summed E-state index contributed by atoms with van der Waals surface area (Å²) in [7, 11) is 0. The number of hydrogen-bond donors (Lipinski definition) is 1. The predicted molar refractivity (Wildman–Crippen MR) is 67.6 cm³/mol. The van der Waals surface area contributed by atoms with Crippen LogP contribution in [0.25, 0.3) is 11.3 Å². The number of rotatable bonds is 3. The monoisotopic (exact) mass is 233 g/mol. The lowest BCUT2D eigenvalue weighted by Crippen LogP contribution is -2.02. The average Bonchev–Trinajstić information content (AvgIpc) is 2.67. The van der Waals surface area contributed by atoms with Crippen molar-refractivity contribution in [3.05, 3.63) is 34.2 Å². The third-order valence-electron chi connectivity index (χ3n) is 2.56. The van der Waals surface area contributed by atoms with E-state index in [2.05, 4.69) is 41.6 Å². The molecule has 16 heavy (non-hydrogen) atoms. The Hall–Kier alpha value is -1.26. The number of nitrogens with zero attached hydrogens (tertiary/aromatic N) is 2. The summed E-state index contributed by atoms with van der Waals surface area (Å²) in [5.41, 5.74) is 10.3. The molecule has 1 heterocycles. The van der Waals surface area contributed by atoms with Gasteiger partial charge in [0.2, 0.25) is 0 Å². The van der Waals surface area contributed by atoms with E-state index in [1.807, 2.05) is 0 Å². The van der Waals surface area contributed by atoms with Gasteiger partial charge in [-0.05, 0) is 43.9 Å². The van der Waals surface area contributed by atoms with Gasteiger partial charge in [-0.2, -0.15) is 0 Å². The minimum absolute atomic E-state index is 0.641. The highest BCUT2D eigenvalue weighted by atomic mass is 32.1. The maximum Gasteiger partial charge on any atom is 0.109 e. The maximum absolute atomic E-state index is 5.58. The molecule has 3 nitrogen and oxygen atoms in total. The standard InChI is InChI=1S/C12H15N3S/c1-8-3-4-10(9(2)7-8)12-11(5-6-13)16-15-14-12/h3-4,7H,5-6,13H2,1-2H3. The van der Waals surface area contributed by atoms with E-state index in [1.165, 1.54) is 33.1 Å². The Labute approximate surface area is 99.5 Å². The van der Waals surface area contributed by atoms with E-state index in [1.54, 1.807) is 0 Å². The summed E-state index contributed by atoms with van der Waals surface area (Å²) in [4.78, 5) is 1.18. The van der Waals surface area contributed by atoms with Gasteiger partial charge in [-0.1, -0.05) is 28.3 Å². The fourth-order valence-electron chi connectivity index (χ4n) is 1.79. The Morgan fingerprint density at radius 2 is 2.12 bits per heavy atom. The van der Waals surface area contributed by atoms with Crippen molar-refractivity contribution in [2.45, 2.75) is 20.3 Å². The Kier molecular flexibility index (Phi) is 3.31. The van der Waals surface area contributed by atoms with Crippen molar-refractivity contribution in [2.75, 3.05) is 6.54 Å². The molecule has 0 aliphatic rings. The van der Waals surface area contributed by atoms with E-state index in [0.717, 1.165) is 12.1 Å². The van der Waals surface area contributed by atoms with Crippen LogP contribution >= 0.6 is 11.5 Å². The number of nitrogens with two attached hydrogens (primary N) is 1. The molecule has 84 valence electrons. The molecule has 0 unspecified atom stereocenters. The first-order valence-corrected chi connectivity index (χ1v) is 6.08. The van der Waals surface area contributed by atoms with Gasteiger partial charge < -0.3 is 5.73 Å². The van der Waals surface area contributed by atoms with Crippen LogP contribution in [0.1, 0.15) is 16.0 Å². The van der Waals surface area contributed by atoms with Crippen molar-refractivity contribution in [3.63, 3.8) is 0 Å². The quantitative estimate of drug-likeness (QED) is 0.885. The molecule has 0 radical (unpaired) electrons. The first-order valence-electron chi connectivity index (χ1n) is 5.31. The molecule has 1 aromatic heterocycles. The summed E-state index contributed by atoms with van der Waals surface area (Å²) < 4.78 is 4.02. The van der Waals surface area contributed by atoms with Crippen LogP contribution in [0.2, 0.25) is 0 Å². The summed E-state index contributed by atoms with van der Waals surface area (Å²) in [6.07, 6.45) is 0.848. The van der Waals surface area contributed by atoms with Gasteiger partial charge in [-0.15, -0.1) is 5.10 Å². The van der Waals surface area contributed by atoms with E-state index in [-0.39, 0.29) is 0 Å². The van der Waals surface area contributed by atoms with Crippen LogP contribution in [0.4, 0.5) is 0 Å². The molecule has 0 aliphatic carbocycles. The molecule has 0 aliphatic heterocycles. The fraction of sp³-hybridized carbons (Fsp3) is 0.333. The summed E-state index contributed by atoms with van der Waals surface area (Å²) >= 11 is 1.44. The number of hydrogen-bond acceptors (Lipinski definition) is 4. The van der Waals surface area contributed by atoms with Crippen molar-refractivity contribution in [3.8, 4) is 11.3 Å². The first kappa shape index (κ1) is 11.2. The Morgan fingerprint density at radius 1 is 1.31 bits per heavy atom. The maximum atomic E-state index is 5.58. The van der Waals surface area contributed by atoms with Gasteiger partial charge in [0.1, 0.15) is 5.69 Å². The second-order valence-corrected chi connectivity index (χ2v) is 4.74. The van der Waals surface area contributed by atoms with Gasteiger partial charge in [0.25, 0.3) is 0 Å². The molecule has 0 bridgehead atoms. The molecule has 1 aromatic carbocycles. The minimum atomic E-state index is 0.641. The Balaban J connectivity index is 2.46. The number of benzene rings is 1. The summed E-state index contributed by atoms with van der Waals surface area (Å²) in [6.45, 7) is 4.84. The first-order chi connectivity index (χ1) is 7.72. The van der Waals surface area contributed by atoms with E-state index >= 15 is 0 Å². The molecule has 0 amide bonds. The highest BCUT2D eigenvalue weighted by Crippen LogP contribution is 2.27. The van der Waals surface area contributed by atoms with Gasteiger partial charge >= 0.3 is 0 Å². The highest BCUT2D eigenvalue weighted by molar-refractivity contribution is 7.06. The third-order valence-corrected chi connectivity index (χ3v) is 3.35. The largest absolute Gasteiger partial charge is 0.330 e. The fourth-order valence-corrected chi connectivity index (χ4v) is 2.46. The van der Waals surface area contributed by atoms with Crippen LogP contribution in [-0.2, 0) is 6.42 Å². The van der Waals surface area contributed by atoms with Crippen molar-refractivity contribution >= 4 is 11.5 Å². The summed E-state index contributed by atoms with van der Waals surface area (Å²) in [5, 5.41) is 4.21. The highest BCUT2D eigenvalue weighted by Gasteiger charge is 2.11. The SMILES string of the molecule is Cc1ccc(-c2nnsc2CCN)c(C)c1. The Morgan fingerprint density at radius 3 is 2.81 bits per heavy atom. The van der Waals surface area contributed by atoms with E-state index in [0.29, 0.717) is 6.54 Å². The molecule has 2 N–H and O–H groups in total. The molecular formula is C12H15N3S. The summed E-state index contributed by atoms with van der Waals surface area (Å²) in [5.74, 6) is 0. The normalized spacial score (nSPS) is 10.7. The lowest BCUT2D eigenvalue weighted by molar-refractivity contribution is 0.983. The van der Waals surface area contributed by atoms with Crippen LogP contribution in [0.5, 0.6) is 0 Å². The van der Waals surface area contributed by atoms with Crippen LogP contribution in [0.15, 0.2) is 18.2 Å². The van der Waals surface area contributed by atoms with E-state index in [9.17, 15) is 0 Å². The second kappa shape index (κ2) is 4.72. The van der Waals surface area contributed by atoms with Gasteiger partial charge in [0.15, 0.2) is 0 Å². The summed E-state index contributed by atoms with van der Waals surface area (Å²) in [6, 6.07) is 6.39. The van der Waals surface area contributed by atoms with Gasteiger partial charge in [0.05, 0.1) is 4.88 Å². The zero-order valence-electron chi connectivity index (χ0n) is 9.53. The molecule has 4 heteroatoms. The van der Waals surface area contributed by atoms with E-state index < -0.39 is 0 Å². The molecule has 0 fully saturated rings. The smallest absolute Gasteiger partial charge is 0.109 e. The van der Waals surface area contributed by atoms with Gasteiger partial charge in [0, 0.05) is 5.56 Å². The lowest BCUT2D eigenvalue weighted by atomic mass is 10.0.